The average molecular weight is 261 g/mol. The van der Waals surface area contributed by atoms with E-state index in [2.05, 4.69) is 22.0 Å². The van der Waals surface area contributed by atoms with Crippen molar-refractivity contribution in [1.29, 1.82) is 0 Å². The maximum absolute atomic E-state index is 5.86. The van der Waals surface area contributed by atoms with Crippen molar-refractivity contribution >= 4 is 12.4 Å². The first-order valence-corrected chi connectivity index (χ1v) is 6.07. The fraction of sp³-hybridized carbons (Fsp3) is 0.818. The maximum Gasteiger partial charge on any atom is 0.240 e. The summed E-state index contributed by atoms with van der Waals surface area (Å²) in [5.74, 6) is 1.56. The molecular formula is C11H21ClN4O. The van der Waals surface area contributed by atoms with Crippen LogP contribution in [0.3, 0.4) is 0 Å². The summed E-state index contributed by atoms with van der Waals surface area (Å²) in [6, 6.07) is 0.370. The van der Waals surface area contributed by atoms with Crippen LogP contribution >= 0.6 is 12.4 Å². The molecule has 2 N–H and O–H groups in total. The van der Waals surface area contributed by atoms with Gasteiger partial charge in [0.05, 0.1) is 6.54 Å². The number of nitrogens with two attached hydrogens (primary N) is 1. The molecule has 17 heavy (non-hydrogen) atoms. The summed E-state index contributed by atoms with van der Waals surface area (Å²) < 4.78 is 5.21. The SMILES string of the molecule is CCCc1noc(CN2CCC(N)CC2)n1.Cl. The zero-order valence-electron chi connectivity index (χ0n) is 10.3. The molecule has 2 heterocycles. The van der Waals surface area contributed by atoms with Gasteiger partial charge in [0, 0.05) is 25.6 Å². The number of aromatic nitrogens is 2. The molecule has 98 valence electrons. The standard InChI is InChI=1S/C11H20N4O.ClH/c1-2-3-10-13-11(16-14-10)8-15-6-4-9(12)5-7-15;/h9H,2-8,12H2,1H3;1H. The van der Waals surface area contributed by atoms with Gasteiger partial charge in [-0.15, -0.1) is 12.4 Å². The Kier molecular flexibility index (Phi) is 5.88. The van der Waals surface area contributed by atoms with Crippen LogP contribution < -0.4 is 5.73 Å². The molecule has 1 aromatic heterocycles. The molecule has 1 fully saturated rings. The van der Waals surface area contributed by atoms with Gasteiger partial charge >= 0.3 is 0 Å². The highest BCUT2D eigenvalue weighted by atomic mass is 35.5. The lowest BCUT2D eigenvalue weighted by atomic mass is 10.1. The third-order valence-electron chi connectivity index (χ3n) is 2.97. The third kappa shape index (κ3) is 4.26. The van der Waals surface area contributed by atoms with E-state index in [1.165, 1.54) is 0 Å². The first-order valence-electron chi connectivity index (χ1n) is 6.07. The van der Waals surface area contributed by atoms with Gasteiger partial charge in [-0.3, -0.25) is 4.90 Å². The van der Waals surface area contributed by atoms with E-state index in [0.717, 1.165) is 57.0 Å². The van der Waals surface area contributed by atoms with Crippen LogP contribution in [0, 0.1) is 0 Å². The summed E-state index contributed by atoms with van der Waals surface area (Å²) in [5, 5.41) is 3.95. The van der Waals surface area contributed by atoms with Gasteiger partial charge in [0.1, 0.15) is 0 Å². The van der Waals surface area contributed by atoms with Crippen LogP contribution in [0.15, 0.2) is 4.52 Å². The van der Waals surface area contributed by atoms with Crippen LogP contribution in [-0.4, -0.2) is 34.2 Å². The lowest BCUT2D eigenvalue weighted by molar-refractivity contribution is 0.182. The highest BCUT2D eigenvalue weighted by Crippen LogP contribution is 2.11. The van der Waals surface area contributed by atoms with Crippen LogP contribution in [0.25, 0.3) is 0 Å². The molecule has 6 heteroatoms. The number of hydrogen-bond acceptors (Lipinski definition) is 5. The zero-order chi connectivity index (χ0) is 11.4. The number of rotatable bonds is 4. The number of likely N-dealkylation sites (tertiary alicyclic amines) is 1. The Morgan fingerprint density at radius 3 is 2.76 bits per heavy atom. The quantitative estimate of drug-likeness (QED) is 0.886. The smallest absolute Gasteiger partial charge is 0.240 e. The van der Waals surface area contributed by atoms with Gasteiger partial charge in [-0.2, -0.15) is 4.98 Å². The summed E-state index contributed by atoms with van der Waals surface area (Å²) in [6.07, 6.45) is 4.08. The Balaban J connectivity index is 0.00000144. The van der Waals surface area contributed by atoms with E-state index in [-0.39, 0.29) is 12.4 Å². The molecule has 2 rings (SSSR count). The van der Waals surface area contributed by atoms with Crippen LogP contribution in [0.4, 0.5) is 0 Å². The van der Waals surface area contributed by atoms with Gasteiger partial charge in [0.15, 0.2) is 5.82 Å². The summed E-state index contributed by atoms with van der Waals surface area (Å²) in [6.45, 7) is 4.95. The van der Waals surface area contributed by atoms with E-state index in [1.807, 2.05) is 0 Å². The minimum atomic E-state index is 0. The Hall–Kier alpha value is -0.650. The van der Waals surface area contributed by atoms with E-state index in [4.69, 9.17) is 10.3 Å². The van der Waals surface area contributed by atoms with Crippen LogP contribution in [0.2, 0.25) is 0 Å². The molecule has 0 radical (unpaired) electrons. The van der Waals surface area contributed by atoms with Crippen LogP contribution in [0.5, 0.6) is 0 Å². The van der Waals surface area contributed by atoms with Crippen molar-refractivity contribution in [1.82, 2.24) is 15.0 Å². The van der Waals surface area contributed by atoms with Gasteiger partial charge in [-0.25, -0.2) is 0 Å². The summed E-state index contributed by atoms with van der Waals surface area (Å²) >= 11 is 0. The molecule has 0 unspecified atom stereocenters. The van der Waals surface area contributed by atoms with Crippen molar-refractivity contribution in [3.8, 4) is 0 Å². The second kappa shape index (κ2) is 6.93. The highest BCUT2D eigenvalue weighted by Gasteiger charge is 2.18. The third-order valence-corrected chi connectivity index (χ3v) is 2.97. The van der Waals surface area contributed by atoms with E-state index in [1.54, 1.807) is 0 Å². The highest BCUT2D eigenvalue weighted by molar-refractivity contribution is 5.85. The number of hydrogen-bond donors (Lipinski definition) is 1. The topological polar surface area (TPSA) is 68.2 Å². The summed E-state index contributed by atoms with van der Waals surface area (Å²) in [4.78, 5) is 6.69. The molecule has 0 bridgehead atoms. The van der Waals surface area contributed by atoms with Crippen molar-refractivity contribution in [2.75, 3.05) is 13.1 Å². The molecule has 0 spiro atoms. The number of aryl methyl sites for hydroxylation is 1. The Labute approximate surface area is 108 Å². The number of halogens is 1. The average Bonchev–Trinajstić information content (AvgIpc) is 2.70. The minimum absolute atomic E-state index is 0. The second-order valence-corrected chi connectivity index (χ2v) is 4.47. The summed E-state index contributed by atoms with van der Waals surface area (Å²) in [5.41, 5.74) is 5.86. The Morgan fingerprint density at radius 1 is 1.41 bits per heavy atom. The van der Waals surface area contributed by atoms with Crippen LogP contribution in [-0.2, 0) is 13.0 Å². The first-order chi connectivity index (χ1) is 7.78. The van der Waals surface area contributed by atoms with Crippen molar-refractivity contribution in [2.24, 2.45) is 5.73 Å². The van der Waals surface area contributed by atoms with Crippen molar-refractivity contribution < 1.29 is 4.52 Å². The molecule has 0 atom stereocenters. The number of piperidine rings is 1. The molecule has 1 aliphatic heterocycles. The molecule has 5 nitrogen and oxygen atoms in total. The number of nitrogens with zero attached hydrogens (tertiary/aromatic N) is 3. The fourth-order valence-electron chi connectivity index (χ4n) is 1.98. The molecule has 1 saturated heterocycles. The van der Waals surface area contributed by atoms with Gasteiger partial charge in [0.2, 0.25) is 5.89 Å². The van der Waals surface area contributed by atoms with Crippen molar-refractivity contribution in [3.63, 3.8) is 0 Å². The van der Waals surface area contributed by atoms with Crippen molar-refractivity contribution in [2.45, 2.75) is 45.2 Å². The largest absolute Gasteiger partial charge is 0.338 e. The molecule has 1 aliphatic rings. The second-order valence-electron chi connectivity index (χ2n) is 4.47. The van der Waals surface area contributed by atoms with Crippen molar-refractivity contribution in [3.05, 3.63) is 11.7 Å². The molecule has 0 saturated carbocycles. The van der Waals surface area contributed by atoms with E-state index in [0.29, 0.717) is 6.04 Å². The van der Waals surface area contributed by atoms with Crippen LogP contribution in [0.1, 0.15) is 37.9 Å². The minimum Gasteiger partial charge on any atom is -0.338 e. The van der Waals surface area contributed by atoms with E-state index < -0.39 is 0 Å². The summed E-state index contributed by atoms with van der Waals surface area (Å²) in [7, 11) is 0. The molecule has 0 aromatic carbocycles. The predicted octanol–water partition coefficient (Wildman–Crippen LogP) is 1.37. The monoisotopic (exact) mass is 260 g/mol. The Bertz CT molecular complexity index is 323. The van der Waals surface area contributed by atoms with E-state index >= 15 is 0 Å². The maximum atomic E-state index is 5.86. The Morgan fingerprint density at radius 2 is 2.12 bits per heavy atom. The molecule has 0 amide bonds. The predicted molar refractivity (Wildman–Crippen MR) is 68.0 cm³/mol. The van der Waals surface area contributed by atoms with Gasteiger partial charge in [0.25, 0.3) is 0 Å². The fourth-order valence-corrected chi connectivity index (χ4v) is 1.98. The zero-order valence-corrected chi connectivity index (χ0v) is 11.1. The molecular weight excluding hydrogens is 240 g/mol. The molecule has 0 aliphatic carbocycles. The first kappa shape index (κ1) is 14.4. The lowest BCUT2D eigenvalue weighted by Crippen LogP contribution is -2.39. The van der Waals surface area contributed by atoms with Gasteiger partial charge < -0.3 is 10.3 Å². The van der Waals surface area contributed by atoms with E-state index in [9.17, 15) is 0 Å². The molecule has 1 aromatic rings. The normalized spacial score (nSPS) is 18.0. The van der Waals surface area contributed by atoms with Gasteiger partial charge in [-0.1, -0.05) is 12.1 Å². The lowest BCUT2D eigenvalue weighted by Gasteiger charge is -2.28. The van der Waals surface area contributed by atoms with Gasteiger partial charge in [-0.05, 0) is 19.3 Å².